The first-order valence-electron chi connectivity index (χ1n) is 6.65. The molecule has 0 spiro atoms. The van der Waals surface area contributed by atoms with Gasteiger partial charge in [0.2, 0.25) is 0 Å². The summed E-state index contributed by atoms with van der Waals surface area (Å²) in [4.78, 5) is 0. The van der Waals surface area contributed by atoms with Crippen molar-refractivity contribution in [1.29, 1.82) is 0 Å². The second-order valence-corrected chi connectivity index (χ2v) is 12.2. The van der Waals surface area contributed by atoms with Crippen molar-refractivity contribution < 1.29 is 0 Å². The SMILES string of the molecule is Cc1ccc(/C=C/P(Cl)(N(C)C)(N(C)C)N(C)C)cc1. The van der Waals surface area contributed by atoms with Gasteiger partial charge >= 0.3 is 128 Å². The van der Waals surface area contributed by atoms with Crippen LogP contribution in [0.4, 0.5) is 0 Å². The molecule has 0 N–H and O–H groups in total. The van der Waals surface area contributed by atoms with Crippen LogP contribution in [0.1, 0.15) is 11.1 Å². The van der Waals surface area contributed by atoms with Gasteiger partial charge in [-0.05, 0) is 0 Å². The van der Waals surface area contributed by atoms with Gasteiger partial charge < -0.3 is 0 Å². The van der Waals surface area contributed by atoms with Crippen molar-refractivity contribution in [3.8, 4) is 0 Å². The Balaban J connectivity index is 3.30. The quantitative estimate of drug-likeness (QED) is 0.757. The summed E-state index contributed by atoms with van der Waals surface area (Å²) in [5, 5.41) is 0. The Hall–Kier alpha value is -0.440. The molecule has 0 unspecified atom stereocenters. The Morgan fingerprint density at radius 3 is 1.60 bits per heavy atom. The van der Waals surface area contributed by atoms with Crippen LogP contribution in [0.15, 0.2) is 30.1 Å². The molecular weight excluding hydrogens is 289 g/mol. The molecule has 0 heterocycles. The number of hydrogen-bond acceptors (Lipinski definition) is 3. The van der Waals surface area contributed by atoms with E-state index in [2.05, 4.69) is 57.1 Å². The van der Waals surface area contributed by atoms with Gasteiger partial charge in [-0.3, -0.25) is 0 Å². The average molecular weight is 316 g/mol. The Morgan fingerprint density at radius 2 is 1.25 bits per heavy atom. The molecule has 0 aliphatic carbocycles. The molecular formula is C15H27ClN3P. The van der Waals surface area contributed by atoms with Gasteiger partial charge in [-0.2, -0.15) is 0 Å². The fraction of sp³-hybridized carbons (Fsp3) is 0.467. The summed E-state index contributed by atoms with van der Waals surface area (Å²) >= 11 is 7.21. The molecule has 0 aliphatic rings. The molecule has 0 fully saturated rings. The van der Waals surface area contributed by atoms with Crippen molar-refractivity contribution in [2.45, 2.75) is 6.92 Å². The number of rotatable bonds is 5. The predicted octanol–water partition coefficient (Wildman–Crippen LogP) is 4.10. The van der Waals surface area contributed by atoms with Crippen molar-refractivity contribution in [3.05, 3.63) is 41.2 Å². The van der Waals surface area contributed by atoms with E-state index in [1.165, 1.54) is 5.56 Å². The second kappa shape index (κ2) is 6.13. The van der Waals surface area contributed by atoms with Crippen LogP contribution in [-0.2, 0) is 0 Å². The fourth-order valence-electron chi connectivity index (χ4n) is 2.37. The van der Waals surface area contributed by atoms with Crippen molar-refractivity contribution in [2.75, 3.05) is 42.3 Å². The molecule has 0 radical (unpaired) electrons. The number of aryl methyl sites for hydroxylation is 1. The number of benzene rings is 1. The van der Waals surface area contributed by atoms with Gasteiger partial charge in [0.15, 0.2) is 0 Å². The first-order valence-corrected chi connectivity index (χ1v) is 9.72. The summed E-state index contributed by atoms with van der Waals surface area (Å²) in [6, 6.07) is 8.46. The minimum absolute atomic E-state index is 1.16. The van der Waals surface area contributed by atoms with Crippen LogP contribution in [0.2, 0.25) is 0 Å². The minimum atomic E-state index is -2.92. The Morgan fingerprint density at radius 1 is 0.850 bits per heavy atom. The van der Waals surface area contributed by atoms with Crippen molar-refractivity contribution in [3.63, 3.8) is 0 Å². The van der Waals surface area contributed by atoms with Gasteiger partial charge in [-0.15, -0.1) is 0 Å². The van der Waals surface area contributed by atoms with Gasteiger partial charge in [0.1, 0.15) is 0 Å². The molecule has 1 aromatic rings. The van der Waals surface area contributed by atoms with E-state index in [0.717, 1.165) is 5.56 Å². The Labute approximate surface area is 128 Å². The second-order valence-electron chi connectivity index (χ2n) is 5.71. The Kier molecular flexibility index (Phi) is 5.40. The average Bonchev–Trinajstić information content (AvgIpc) is 2.37. The number of nitrogens with zero attached hydrogens (tertiary/aromatic N) is 3. The molecule has 0 saturated heterocycles. The van der Waals surface area contributed by atoms with Crippen LogP contribution in [-0.4, -0.2) is 56.3 Å². The van der Waals surface area contributed by atoms with E-state index >= 15 is 0 Å². The van der Waals surface area contributed by atoms with Gasteiger partial charge in [-0.1, -0.05) is 0 Å². The van der Waals surface area contributed by atoms with Crippen molar-refractivity contribution in [1.82, 2.24) is 14.0 Å². The molecule has 5 heteroatoms. The van der Waals surface area contributed by atoms with E-state index in [4.69, 9.17) is 11.2 Å². The number of halogens is 1. The first-order chi connectivity index (χ1) is 9.12. The summed E-state index contributed by atoms with van der Waals surface area (Å²) in [7, 11) is 12.2. The van der Waals surface area contributed by atoms with Crippen molar-refractivity contribution in [2.24, 2.45) is 0 Å². The topological polar surface area (TPSA) is 9.72 Å². The fourth-order valence-corrected chi connectivity index (χ4v) is 5.91. The van der Waals surface area contributed by atoms with Crippen LogP contribution in [0.25, 0.3) is 6.08 Å². The summed E-state index contributed by atoms with van der Waals surface area (Å²) in [5.74, 6) is 2.15. The van der Waals surface area contributed by atoms with E-state index < -0.39 is 6.41 Å². The normalized spacial score (nSPS) is 15.2. The molecule has 114 valence electrons. The number of hydrogen-bond donors (Lipinski definition) is 0. The zero-order chi connectivity index (χ0) is 15.6. The Bertz CT molecular complexity index is 456. The zero-order valence-electron chi connectivity index (χ0n) is 13.6. The molecule has 1 aromatic carbocycles. The molecule has 20 heavy (non-hydrogen) atoms. The van der Waals surface area contributed by atoms with Gasteiger partial charge in [0.05, 0.1) is 0 Å². The van der Waals surface area contributed by atoms with Crippen LogP contribution < -0.4 is 0 Å². The third-order valence-electron chi connectivity index (χ3n) is 3.82. The van der Waals surface area contributed by atoms with E-state index in [-0.39, 0.29) is 0 Å². The summed E-state index contributed by atoms with van der Waals surface area (Å²) in [6.45, 7) is 2.09. The standard InChI is InChI=1S/C15H27ClN3P/c1-14-8-10-15(11-9-14)12-13-20(16,17(2)3,18(4)5)19(6)7/h8-13H,1-7H3/b13-12+. The maximum atomic E-state index is 7.21. The molecule has 0 bridgehead atoms. The molecule has 0 saturated carbocycles. The molecule has 3 nitrogen and oxygen atoms in total. The third kappa shape index (κ3) is 2.93. The summed E-state index contributed by atoms with van der Waals surface area (Å²) in [6.07, 6.45) is -0.806. The summed E-state index contributed by atoms with van der Waals surface area (Å²) < 4.78 is 6.37. The molecule has 0 aliphatic heterocycles. The van der Waals surface area contributed by atoms with Crippen LogP contribution >= 0.6 is 17.6 Å². The predicted molar refractivity (Wildman–Crippen MR) is 94.0 cm³/mol. The van der Waals surface area contributed by atoms with Crippen LogP contribution in [0.3, 0.4) is 0 Å². The van der Waals surface area contributed by atoms with E-state index in [1.807, 2.05) is 42.3 Å². The van der Waals surface area contributed by atoms with E-state index in [9.17, 15) is 0 Å². The molecule has 0 amide bonds. The van der Waals surface area contributed by atoms with E-state index in [1.54, 1.807) is 0 Å². The molecule has 0 atom stereocenters. The summed E-state index contributed by atoms with van der Waals surface area (Å²) in [5.41, 5.74) is 2.43. The van der Waals surface area contributed by atoms with Gasteiger partial charge in [0.25, 0.3) is 0 Å². The van der Waals surface area contributed by atoms with Gasteiger partial charge in [-0.25, -0.2) is 0 Å². The van der Waals surface area contributed by atoms with Crippen molar-refractivity contribution >= 4 is 23.7 Å². The maximum absolute atomic E-state index is 7.21. The zero-order valence-corrected chi connectivity index (χ0v) is 15.3. The molecule has 0 aromatic heterocycles. The van der Waals surface area contributed by atoms with Crippen LogP contribution in [0.5, 0.6) is 0 Å². The van der Waals surface area contributed by atoms with E-state index in [0.29, 0.717) is 0 Å². The van der Waals surface area contributed by atoms with Crippen LogP contribution in [0, 0.1) is 6.92 Å². The first kappa shape index (κ1) is 17.6. The monoisotopic (exact) mass is 315 g/mol. The third-order valence-corrected chi connectivity index (χ3v) is 12.0. The molecule has 1 rings (SSSR count). The van der Waals surface area contributed by atoms with Gasteiger partial charge in [0, 0.05) is 0 Å².